The van der Waals surface area contributed by atoms with Crippen LogP contribution < -0.4 is 0 Å². The highest BCUT2D eigenvalue weighted by Crippen LogP contribution is 2.48. The summed E-state index contributed by atoms with van der Waals surface area (Å²) in [6, 6.07) is 11.3. The molecule has 7 rings (SSSR count). The largest absolute Gasteiger partial charge is 0.277 e. The maximum atomic E-state index is 14.0. The highest BCUT2D eigenvalue weighted by molar-refractivity contribution is 6.42. The lowest BCUT2D eigenvalue weighted by atomic mass is 9.79. The van der Waals surface area contributed by atoms with Crippen LogP contribution in [0.1, 0.15) is 157 Å². The van der Waals surface area contributed by atoms with Crippen molar-refractivity contribution in [2.45, 2.75) is 105 Å². The number of benzene rings is 5. The zero-order valence-electron chi connectivity index (χ0n) is 32.6. The highest BCUT2D eigenvalue weighted by atomic mass is 16.2. The summed E-state index contributed by atoms with van der Waals surface area (Å²) in [5.74, 6) is 13.5. The van der Waals surface area contributed by atoms with E-state index in [1.165, 1.54) is 23.9 Å². The van der Waals surface area contributed by atoms with E-state index >= 15 is 0 Å². The summed E-state index contributed by atoms with van der Waals surface area (Å²) in [7, 11) is 3.07. The summed E-state index contributed by atoms with van der Waals surface area (Å²) in [5.41, 5.74) is 3.31. The Bertz CT molecular complexity index is 2300. The minimum absolute atomic E-state index is 0.214. The Labute approximate surface area is 319 Å². The molecule has 6 heteroatoms. The topological polar surface area (TPSA) is 74.8 Å². The highest BCUT2D eigenvalue weighted by Gasteiger charge is 2.36. The molecular weight excluding hydrogens is 669 g/mol. The van der Waals surface area contributed by atoms with Crippen molar-refractivity contribution >= 4 is 66.7 Å². The fraction of sp³-hybridized carbons (Fsp3) is 0.417. The number of hydrogen-bond donors (Lipinski definition) is 0. The zero-order valence-corrected chi connectivity index (χ0v) is 32.6. The number of nitrogens with zero attached hydrogens (tertiary/aromatic N) is 2. The lowest BCUT2D eigenvalue weighted by molar-refractivity contribution is 0.0635. The predicted octanol–water partition coefficient (Wildman–Crippen LogP) is 10.9. The summed E-state index contributed by atoms with van der Waals surface area (Å²) < 4.78 is 0. The van der Waals surface area contributed by atoms with Crippen LogP contribution >= 0.6 is 0 Å². The van der Waals surface area contributed by atoms with Crippen LogP contribution in [0.5, 0.6) is 0 Å². The molecule has 2 aliphatic heterocycles. The van der Waals surface area contributed by atoms with Crippen LogP contribution in [0.4, 0.5) is 0 Å². The second kappa shape index (κ2) is 15.3. The standard InChI is InChI=1S/C48H50N2O4/c1-7-11-15-29(16-12-8-2)19-21-31-27-37-41-35(45(51)49(5)47(37)53)26-24-34-40-32(22-20-30(17-13-9-3)18-14-10-4)28-38-42-36(46(52)50(6)48(38)54)25-23-33(44(40)42)39(31)43(34)41/h23-30H,7-18H2,1-6H3. The molecule has 0 N–H and O–H groups in total. The van der Waals surface area contributed by atoms with Crippen molar-refractivity contribution < 1.29 is 19.2 Å². The van der Waals surface area contributed by atoms with E-state index in [4.69, 9.17) is 0 Å². The van der Waals surface area contributed by atoms with E-state index in [1.807, 2.05) is 36.4 Å². The number of fused-ring (bicyclic) bond motifs is 2. The molecule has 0 radical (unpaired) electrons. The van der Waals surface area contributed by atoms with Crippen molar-refractivity contribution in [3.63, 3.8) is 0 Å². The zero-order chi connectivity index (χ0) is 38.3. The lowest BCUT2D eigenvalue weighted by Crippen LogP contribution is -2.37. The van der Waals surface area contributed by atoms with Gasteiger partial charge in [-0.15, -0.1) is 0 Å². The first-order valence-corrected chi connectivity index (χ1v) is 20.1. The molecule has 0 saturated heterocycles. The molecule has 0 bridgehead atoms. The Morgan fingerprint density at radius 1 is 0.463 bits per heavy atom. The van der Waals surface area contributed by atoms with Gasteiger partial charge in [0.15, 0.2) is 0 Å². The molecular formula is C48H50N2O4. The molecule has 0 saturated carbocycles. The first kappa shape index (κ1) is 37.1. The molecule has 6 nitrogen and oxygen atoms in total. The van der Waals surface area contributed by atoms with Gasteiger partial charge in [0.05, 0.1) is 0 Å². The van der Waals surface area contributed by atoms with Crippen LogP contribution in [0.2, 0.25) is 0 Å². The minimum Gasteiger partial charge on any atom is -0.277 e. The number of rotatable bonds is 12. The van der Waals surface area contributed by atoms with Gasteiger partial charge in [0.2, 0.25) is 0 Å². The van der Waals surface area contributed by atoms with Crippen LogP contribution in [-0.4, -0.2) is 47.5 Å². The second-order valence-electron chi connectivity index (χ2n) is 15.4. The average Bonchev–Trinajstić information content (AvgIpc) is 3.19. The van der Waals surface area contributed by atoms with Crippen LogP contribution in [0.25, 0.3) is 43.1 Å². The van der Waals surface area contributed by atoms with Gasteiger partial charge in [0, 0.05) is 91.6 Å². The van der Waals surface area contributed by atoms with E-state index in [0.717, 1.165) is 109 Å². The first-order valence-electron chi connectivity index (χ1n) is 20.1. The summed E-state index contributed by atoms with van der Waals surface area (Å²) in [4.78, 5) is 57.7. The molecule has 5 aromatic rings. The number of unbranched alkanes of at least 4 members (excludes halogenated alkanes) is 4. The Balaban J connectivity index is 1.64. The Kier molecular flexibility index (Phi) is 10.5. The molecule has 2 heterocycles. The van der Waals surface area contributed by atoms with Gasteiger partial charge in [-0.1, -0.05) is 115 Å². The third-order valence-electron chi connectivity index (χ3n) is 11.7. The molecule has 0 atom stereocenters. The van der Waals surface area contributed by atoms with E-state index in [1.54, 1.807) is 0 Å². The van der Waals surface area contributed by atoms with Crippen molar-refractivity contribution in [3.8, 4) is 23.7 Å². The SMILES string of the molecule is CCCCC(C#Cc1cc2c3c(ccc4c5c(C#CC(CCCC)CCCC)cc6c7c(ccc(c1c34)c75)C(=O)N(C)C6=O)C(=O)N(C)C2=O)CCCC. The molecule has 5 aromatic carbocycles. The van der Waals surface area contributed by atoms with Crippen molar-refractivity contribution in [1.82, 2.24) is 9.80 Å². The third-order valence-corrected chi connectivity index (χ3v) is 11.7. The summed E-state index contributed by atoms with van der Waals surface area (Å²) in [5, 5.41) is 6.22. The third kappa shape index (κ3) is 6.11. The van der Waals surface area contributed by atoms with E-state index in [0.29, 0.717) is 44.2 Å². The summed E-state index contributed by atoms with van der Waals surface area (Å²) in [6.45, 7) is 8.79. The first-order chi connectivity index (χ1) is 26.2. The molecule has 276 valence electrons. The van der Waals surface area contributed by atoms with Gasteiger partial charge in [-0.05, 0) is 60.7 Å². The quantitative estimate of drug-likeness (QED) is 0.0557. The normalized spacial score (nSPS) is 14.0. The van der Waals surface area contributed by atoms with Crippen molar-refractivity contribution in [2.24, 2.45) is 11.8 Å². The van der Waals surface area contributed by atoms with Crippen LogP contribution in [0.3, 0.4) is 0 Å². The van der Waals surface area contributed by atoms with Crippen LogP contribution in [-0.2, 0) is 0 Å². The van der Waals surface area contributed by atoms with E-state index in [9.17, 15) is 19.2 Å². The number of imide groups is 2. The molecule has 0 unspecified atom stereocenters. The monoisotopic (exact) mass is 718 g/mol. The number of carbonyl (C=O) groups excluding carboxylic acids is 4. The van der Waals surface area contributed by atoms with Crippen molar-refractivity contribution in [3.05, 3.63) is 69.8 Å². The van der Waals surface area contributed by atoms with Crippen LogP contribution in [0.15, 0.2) is 36.4 Å². The number of hydrogen-bond acceptors (Lipinski definition) is 4. The predicted molar refractivity (Wildman–Crippen MR) is 219 cm³/mol. The van der Waals surface area contributed by atoms with Gasteiger partial charge in [0.1, 0.15) is 0 Å². The Hall–Kier alpha value is -5.20. The fourth-order valence-electron chi connectivity index (χ4n) is 8.64. The maximum absolute atomic E-state index is 14.0. The van der Waals surface area contributed by atoms with Crippen molar-refractivity contribution in [1.29, 1.82) is 0 Å². The van der Waals surface area contributed by atoms with Gasteiger partial charge in [-0.3, -0.25) is 29.0 Å². The molecule has 4 amide bonds. The number of carbonyl (C=O) groups is 4. The van der Waals surface area contributed by atoms with E-state index in [2.05, 4.69) is 51.4 Å². The molecule has 0 aliphatic carbocycles. The number of amides is 4. The lowest BCUT2D eigenvalue weighted by Gasteiger charge is -2.29. The fourth-order valence-corrected chi connectivity index (χ4v) is 8.64. The molecule has 54 heavy (non-hydrogen) atoms. The smallest absolute Gasteiger partial charge is 0.261 e. The Morgan fingerprint density at radius 2 is 0.796 bits per heavy atom. The molecule has 2 aliphatic rings. The van der Waals surface area contributed by atoms with Gasteiger partial charge in [-0.2, -0.15) is 0 Å². The van der Waals surface area contributed by atoms with Gasteiger partial charge in [0.25, 0.3) is 23.6 Å². The van der Waals surface area contributed by atoms with Crippen LogP contribution in [0, 0.1) is 35.5 Å². The van der Waals surface area contributed by atoms with Gasteiger partial charge >= 0.3 is 0 Å². The van der Waals surface area contributed by atoms with E-state index < -0.39 is 0 Å². The maximum Gasteiger partial charge on any atom is 0.261 e. The molecule has 0 aromatic heterocycles. The second-order valence-corrected chi connectivity index (χ2v) is 15.4. The Morgan fingerprint density at radius 3 is 1.13 bits per heavy atom. The minimum atomic E-state index is -0.349. The van der Waals surface area contributed by atoms with E-state index in [-0.39, 0.29) is 35.5 Å². The summed E-state index contributed by atoms with van der Waals surface area (Å²) >= 11 is 0. The van der Waals surface area contributed by atoms with Gasteiger partial charge in [-0.25, -0.2) is 0 Å². The summed E-state index contributed by atoms with van der Waals surface area (Å²) in [6.07, 6.45) is 12.8. The van der Waals surface area contributed by atoms with Crippen molar-refractivity contribution in [2.75, 3.05) is 14.1 Å². The average molecular weight is 719 g/mol. The molecule has 0 fully saturated rings. The molecule has 0 spiro atoms. The van der Waals surface area contributed by atoms with Gasteiger partial charge < -0.3 is 0 Å².